The number of aromatic nitrogens is 2. The fourth-order valence-corrected chi connectivity index (χ4v) is 2.43. The number of anilines is 1. The van der Waals surface area contributed by atoms with Crippen LogP contribution >= 0.6 is 0 Å². The maximum Gasteiger partial charge on any atom is 0.130 e. The van der Waals surface area contributed by atoms with Gasteiger partial charge in [-0.2, -0.15) is 5.10 Å². The van der Waals surface area contributed by atoms with Crippen LogP contribution in [0.25, 0.3) is 0 Å². The van der Waals surface area contributed by atoms with Gasteiger partial charge < -0.3 is 9.64 Å². The lowest BCUT2D eigenvalue weighted by Gasteiger charge is -2.17. The van der Waals surface area contributed by atoms with Gasteiger partial charge in [-0.15, -0.1) is 0 Å². The fourth-order valence-electron chi connectivity index (χ4n) is 2.43. The molecule has 4 heteroatoms. The van der Waals surface area contributed by atoms with Gasteiger partial charge in [0, 0.05) is 32.0 Å². The van der Waals surface area contributed by atoms with Crippen molar-refractivity contribution in [1.82, 2.24) is 9.78 Å². The smallest absolute Gasteiger partial charge is 0.130 e. The minimum atomic E-state index is 0.555. The van der Waals surface area contributed by atoms with Crippen LogP contribution in [0.4, 0.5) is 5.69 Å². The van der Waals surface area contributed by atoms with E-state index in [1.165, 1.54) is 31.6 Å². The molecule has 0 bridgehead atoms. The normalized spacial score (nSPS) is 14.9. The van der Waals surface area contributed by atoms with E-state index in [1.807, 2.05) is 29.9 Å². The quantitative estimate of drug-likeness (QED) is 0.843. The molecular formula is C15H19N3O. The average molecular weight is 257 g/mol. The summed E-state index contributed by atoms with van der Waals surface area (Å²) in [6.07, 6.45) is 4.40. The monoisotopic (exact) mass is 257 g/mol. The van der Waals surface area contributed by atoms with Gasteiger partial charge in [0.15, 0.2) is 0 Å². The number of ether oxygens (including phenoxy) is 1. The molecule has 0 atom stereocenters. The largest absolute Gasteiger partial charge is 0.487 e. The minimum Gasteiger partial charge on any atom is -0.487 e. The van der Waals surface area contributed by atoms with Crippen molar-refractivity contribution in [3.05, 3.63) is 42.2 Å². The van der Waals surface area contributed by atoms with Crippen molar-refractivity contribution in [3.63, 3.8) is 0 Å². The first-order chi connectivity index (χ1) is 9.33. The van der Waals surface area contributed by atoms with E-state index in [1.54, 1.807) is 6.20 Å². The van der Waals surface area contributed by atoms with E-state index in [2.05, 4.69) is 22.1 Å². The predicted molar refractivity (Wildman–Crippen MR) is 75.4 cm³/mol. The molecule has 0 N–H and O–H groups in total. The number of benzene rings is 1. The first kappa shape index (κ1) is 12.1. The number of hydrogen-bond donors (Lipinski definition) is 0. The molecule has 1 aliphatic rings. The van der Waals surface area contributed by atoms with Gasteiger partial charge in [-0.3, -0.25) is 4.68 Å². The number of hydrogen-bond acceptors (Lipinski definition) is 3. The summed E-state index contributed by atoms with van der Waals surface area (Å²) in [7, 11) is 1.93. The molecule has 100 valence electrons. The summed E-state index contributed by atoms with van der Waals surface area (Å²) in [4.78, 5) is 2.42. The SMILES string of the molecule is Cn1nccc1COc1ccc(N2CCCC2)cc1. The molecule has 1 saturated heterocycles. The lowest BCUT2D eigenvalue weighted by Crippen LogP contribution is -2.17. The zero-order chi connectivity index (χ0) is 13.1. The van der Waals surface area contributed by atoms with Gasteiger partial charge in [-0.25, -0.2) is 0 Å². The summed E-state index contributed by atoms with van der Waals surface area (Å²) in [5, 5.41) is 4.13. The highest BCUT2D eigenvalue weighted by atomic mass is 16.5. The van der Waals surface area contributed by atoms with Gasteiger partial charge in [0.2, 0.25) is 0 Å². The van der Waals surface area contributed by atoms with Crippen LogP contribution in [0.15, 0.2) is 36.5 Å². The van der Waals surface area contributed by atoms with Crippen LogP contribution in [0.5, 0.6) is 5.75 Å². The Morgan fingerprint density at radius 2 is 1.84 bits per heavy atom. The molecule has 19 heavy (non-hydrogen) atoms. The van der Waals surface area contributed by atoms with Crippen LogP contribution < -0.4 is 9.64 Å². The lowest BCUT2D eigenvalue weighted by molar-refractivity contribution is 0.295. The molecule has 1 aliphatic heterocycles. The molecule has 3 rings (SSSR count). The Hall–Kier alpha value is -1.97. The van der Waals surface area contributed by atoms with Crippen molar-refractivity contribution >= 4 is 5.69 Å². The second-order valence-corrected chi connectivity index (χ2v) is 4.92. The van der Waals surface area contributed by atoms with Gasteiger partial charge in [0.1, 0.15) is 12.4 Å². The topological polar surface area (TPSA) is 30.3 Å². The summed E-state index contributed by atoms with van der Waals surface area (Å²) < 4.78 is 7.60. The Bertz CT molecular complexity index is 527. The second-order valence-electron chi connectivity index (χ2n) is 4.92. The van der Waals surface area contributed by atoms with E-state index in [0.717, 1.165) is 11.4 Å². The van der Waals surface area contributed by atoms with Gasteiger partial charge in [-0.05, 0) is 43.2 Å². The zero-order valence-corrected chi connectivity index (χ0v) is 11.2. The fraction of sp³-hybridized carbons (Fsp3) is 0.400. The van der Waals surface area contributed by atoms with Crippen LogP contribution in [-0.2, 0) is 13.7 Å². The van der Waals surface area contributed by atoms with Crippen LogP contribution in [0.3, 0.4) is 0 Å². The van der Waals surface area contributed by atoms with Gasteiger partial charge in [-0.1, -0.05) is 0 Å². The summed E-state index contributed by atoms with van der Waals surface area (Å²) in [6.45, 7) is 2.91. The van der Waals surface area contributed by atoms with E-state index >= 15 is 0 Å². The number of nitrogens with zero attached hydrogens (tertiary/aromatic N) is 3. The number of aryl methyl sites for hydroxylation is 1. The average Bonchev–Trinajstić information content (AvgIpc) is 3.09. The number of rotatable bonds is 4. The molecule has 0 spiro atoms. The summed E-state index contributed by atoms with van der Waals surface area (Å²) in [6, 6.07) is 10.3. The van der Waals surface area contributed by atoms with Crippen molar-refractivity contribution in [2.75, 3.05) is 18.0 Å². The zero-order valence-electron chi connectivity index (χ0n) is 11.2. The third kappa shape index (κ3) is 2.72. The van der Waals surface area contributed by atoms with Gasteiger partial charge >= 0.3 is 0 Å². The van der Waals surface area contributed by atoms with Crippen LogP contribution in [-0.4, -0.2) is 22.9 Å². The summed E-state index contributed by atoms with van der Waals surface area (Å²) in [5.74, 6) is 0.907. The highest BCUT2D eigenvalue weighted by molar-refractivity contribution is 5.49. The Morgan fingerprint density at radius 3 is 2.47 bits per heavy atom. The van der Waals surface area contributed by atoms with E-state index in [4.69, 9.17) is 4.74 Å². The van der Waals surface area contributed by atoms with Crippen molar-refractivity contribution in [2.24, 2.45) is 7.05 Å². The summed E-state index contributed by atoms with van der Waals surface area (Å²) >= 11 is 0. The van der Waals surface area contributed by atoms with Crippen molar-refractivity contribution in [2.45, 2.75) is 19.4 Å². The molecule has 0 radical (unpaired) electrons. The second kappa shape index (κ2) is 5.34. The predicted octanol–water partition coefficient (Wildman–Crippen LogP) is 2.60. The maximum absolute atomic E-state index is 5.77. The van der Waals surface area contributed by atoms with E-state index in [9.17, 15) is 0 Å². The Balaban J connectivity index is 1.61. The molecule has 0 saturated carbocycles. The van der Waals surface area contributed by atoms with Gasteiger partial charge in [0.05, 0.1) is 5.69 Å². The first-order valence-corrected chi connectivity index (χ1v) is 6.77. The molecule has 2 aromatic rings. The van der Waals surface area contributed by atoms with Crippen LogP contribution in [0.2, 0.25) is 0 Å². The maximum atomic E-state index is 5.77. The first-order valence-electron chi connectivity index (χ1n) is 6.77. The van der Waals surface area contributed by atoms with Crippen molar-refractivity contribution < 1.29 is 4.74 Å². The Labute approximate surface area is 113 Å². The molecule has 1 aromatic heterocycles. The van der Waals surface area contributed by atoms with Crippen molar-refractivity contribution in [1.29, 1.82) is 0 Å². The van der Waals surface area contributed by atoms with Crippen LogP contribution in [0, 0.1) is 0 Å². The molecule has 1 aromatic carbocycles. The van der Waals surface area contributed by atoms with Gasteiger partial charge in [0.25, 0.3) is 0 Å². The highest BCUT2D eigenvalue weighted by Gasteiger charge is 2.11. The summed E-state index contributed by atoms with van der Waals surface area (Å²) in [5.41, 5.74) is 2.37. The van der Waals surface area contributed by atoms with E-state index in [-0.39, 0.29) is 0 Å². The molecule has 1 fully saturated rings. The molecule has 0 unspecified atom stereocenters. The molecule has 4 nitrogen and oxygen atoms in total. The van der Waals surface area contributed by atoms with Crippen LogP contribution in [0.1, 0.15) is 18.5 Å². The lowest BCUT2D eigenvalue weighted by atomic mass is 10.3. The minimum absolute atomic E-state index is 0.555. The Kier molecular flexibility index (Phi) is 3.40. The van der Waals surface area contributed by atoms with E-state index < -0.39 is 0 Å². The van der Waals surface area contributed by atoms with Crippen molar-refractivity contribution in [3.8, 4) is 5.75 Å². The molecule has 0 aliphatic carbocycles. The third-order valence-corrected chi connectivity index (χ3v) is 3.62. The standard InChI is InChI=1S/C15H19N3O/c1-17-14(8-9-16-17)12-19-15-6-4-13(5-7-15)18-10-2-3-11-18/h4-9H,2-3,10-12H2,1H3. The molecule has 2 heterocycles. The Morgan fingerprint density at radius 1 is 1.11 bits per heavy atom. The van der Waals surface area contributed by atoms with E-state index in [0.29, 0.717) is 6.61 Å². The third-order valence-electron chi connectivity index (χ3n) is 3.62. The molecular weight excluding hydrogens is 238 g/mol. The highest BCUT2D eigenvalue weighted by Crippen LogP contribution is 2.23. The molecule has 0 amide bonds.